The van der Waals surface area contributed by atoms with Crippen molar-refractivity contribution in [3.63, 3.8) is 0 Å². The topological polar surface area (TPSA) is 82.0 Å². The Labute approximate surface area is 181 Å². The molecule has 0 radical (unpaired) electrons. The molecule has 1 amide bonds. The number of nitriles is 1. The predicted octanol–water partition coefficient (Wildman–Crippen LogP) is 3.63. The lowest BCUT2D eigenvalue weighted by molar-refractivity contribution is -0.122. The molecular weight excluding hydrogens is 393 g/mol. The van der Waals surface area contributed by atoms with Gasteiger partial charge in [-0.25, -0.2) is 4.39 Å². The number of ketones is 1. The molecule has 1 aliphatic carbocycles. The molecule has 2 aliphatic rings. The number of benzene rings is 2. The number of Topliss-reactive ketones (excluding diaryl/α,β-unsaturated/α-hetero) is 1. The first-order chi connectivity index (χ1) is 15.0. The second-order valence-corrected chi connectivity index (χ2v) is 8.58. The lowest BCUT2D eigenvalue weighted by atomic mass is 9.88. The summed E-state index contributed by atoms with van der Waals surface area (Å²) in [6, 6.07) is 14.4. The van der Waals surface area contributed by atoms with Crippen molar-refractivity contribution in [2.24, 2.45) is 11.8 Å². The summed E-state index contributed by atoms with van der Waals surface area (Å²) in [6.07, 6.45) is 3.62. The first kappa shape index (κ1) is 21.2. The van der Waals surface area contributed by atoms with E-state index < -0.39 is 11.7 Å². The third kappa shape index (κ3) is 4.52. The summed E-state index contributed by atoms with van der Waals surface area (Å²) in [5.74, 6) is -0.639. The molecule has 31 heavy (non-hydrogen) atoms. The third-order valence-corrected chi connectivity index (χ3v) is 6.56. The first-order valence-corrected chi connectivity index (χ1v) is 10.8. The van der Waals surface area contributed by atoms with Gasteiger partial charge in [-0.2, -0.15) is 5.26 Å². The van der Waals surface area contributed by atoms with Gasteiger partial charge in [-0.15, -0.1) is 0 Å². The van der Waals surface area contributed by atoms with E-state index in [4.69, 9.17) is 0 Å². The number of piperidine rings is 1. The molecular formula is C25H26FN3O2. The zero-order valence-electron chi connectivity index (χ0n) is 17.5. The maximum Gasteiger partial charge on any atom is 0.251 e. The smallest absolute Gasteiger partial charge is 0.251 e. The van der Waals surface area contributed by atoms with Crippen molar-refractivity contribution in [1.82, 2.24) is 10.6 Å². The maximum atomic E-state index is 14.8. The predicted molar refractivity (Wildman–Crippen MR) is 116 cm³/mol. The molecule has 2 bridgehead atoms. The second-order valence-electron chi connectivity index (χ2n) is 8.58. The van der Waals surface area contributed by atoms with Gasteiger partial charge in [-0.1, -0.05) is 24.3 Å². The van der Waals surface area contributed by atoms with Gasteiger partial charge in [0.15, 0.2) is 5.78 Å². The standard InChI is InChI=1S/C25H26FN3O2/c1-28-25(31)17-4-2-16(3-5-17)18-6-7-19(22(26)13-18)10-15(14-27)11-23(30)24-20-8-9-21(12-20)29-24/h2-7,13,15,20-21,24,29H,8-12H2,1H3,(H,28,31)/t15-,20+,21-,24+/m1/s1. The molecule has 0 unspecified atom stereocenters. The van der Waals surface area contributed by atoms with Crippen LogP contribution in [0.25, 0.3) is 11.1 Å². The highest BCUT2D eigenvalue weighted by atomic mass is 19.1. The zero-order chi connectivity index (χ0) is 22.0. The van der Waals surface area contributed by atoms with Crippen LogP contribution in [-0.2, 0) is 11.2 Å². The van der Waals surface area contributed by atoms with Gasteiger partial charge in [0.2, 0.25) is 0 Å². The lowest BCUT2D eigenvalue weighted by Crippen LogP contribution is -2.42. The number of hydrogen-bond donors (Lipinski definition) is 2. The van der Waals surface area contributed by atoms with Crippen LogP contribution >= 0.6 is 0 Å². The fourth-order valence-electron chi connectivity index (χ4n) is 4.87. The molecule has 1 saturated heterocycles. The van der Waals surface area contributed by atoms with Crippen molar-refractivity contribution in [1.29, 1.82) is 5.26 Å². The van der Waals surface area contributed by atoms with Crippen LogP contribution in [0, 0.1) is 29.0 Å². The van der Waals surface area contributed by atoms with Gasteiger partial charge < -0.3 is 10.6 Å². The Morgan fingerprint density at radius 2 is 1.94 bits per heavy atom. The largest absolute Gasteiger partial charge is 0.355 e. The van der Waals surface area contributed by atoms with Crippen molar-refractivity contribution in [2.45, 2.75) is 44.2 Å². The van der Waals surface area contributed by atoms with Crippen molar-refractivity contribution in [3.8, 4) is 17.2 Å². The normalized spacial score (nSPS) is 22.7. The Hall–Kier alpha value is -3.04. The van der Waals surface area contributed by atoms with E-state index in [2.05, 4.69) is 16.7 Å². The van der Waals surface area contributed by atoms with Gasteiger partial charge in [-0.3, -0.25) is 9.59 Å². The molecule has 2 fully saturated rings. The quantitative estimate of drug-likeness (QED) is 0.718. The van der Waals surface area contributed by atoms with Crippen LogP contribution in [0.1, 0.15) is 41.6 Å². The van der Waals surface area contributed by atoms with E-state index in [1.54, 1.807) is 43.4 Å². The van der Waals surface area contributed by atoms with Crippen LogP contribution < -0.4 is 10.6 Å². The van der Waals surface area contributed by atoms with Crippen molar-refractivity contribution in [3.05, 3.63) is 59.4 Å². The van der Waals surface area contributed by atoms with E-state index in [0.717, 1.165) is 24.8 Å². The van der Waals surface area contributed by atoms with E-state index >= 15 is 0 Å². The maximum absolute atomic E-state index is 14.8. The van der Waals surface area contributed by atoms with Gasteiger partial charge in [-0.05, 0) is 66.5 Å². The van der Waals surface area contributed by atoms with Crippen LogP contribution in [-0.4, -0.2) is 30.8 Å². The van der Waals surface area contributed by atoms with Gasteiger partial charge in [0.1, 0.15) is 5.82 Å². The zero-order valence-corrected chi connectivity index (χ0v) is 17.5. The molecule has 0 aromatic heterocycles. The summed E-state index contributed by atoms with van der Waals surface area (Å²) in [5.41, 5.74) is 2.47. The van der Waals surface area contributed by atoms with Crippen LogP contribution in [0.2, 0.25) is 0 Å². The highest BCUT2D eigenvalue weighted by Crippen LogP contribution is 2.36. The Balaban J connectivity index is 1.42. The van der Waals surface area contributed by atoms with Gasteiger partial charge in [0, 0.05) is 25.1 Å². The molecule has 2 N–H and O–H groups in total. The molecule has 2 aromatic carbocycles. The average Bonchev–Trinajstić information content (AvgIpc) is 3.43. The summed E-state index contributed by atoms with van der Waals surface area (Å²) in [6.45, 7) is 0. The minimum Gasteiger partial charge on any atom is -0.355 e. The number of rotatable bonds is 7. The molecule has 0 spiro atoms. The summed E-state index contributed by atoms with van der Waals surface area (Å²) in [4.78, 5) is 24.3. The highest BCUT2D eigenvalue weighted by Gasteiger charge is 2.42. The Kier molecular flexibility index (Phi) is 6.15. The Morgan fingerprint density at radius 3 is 2.52 bits per heavy atom. The highest BCUT2D eigenvalue weighted by molar-refractivity contribution is 5.94. The van der Waals surface area contributed by atoms with Crippen molar-refractivity contribution >= 4 is 11.7 Å². The number of amides is 1. The summed E-state index contributed by atoms with van der Waals surface area (Å²) in [5, 5.41) is 15.5. The number of hydrogen-bond acceptors (Lipinski definition) is 4. The van der Waals surface area contributed by atoms with Gasteiger partial charge in [0.05, 0.1) is 18.0 Å². The number of halogens is 1. The molecule has 4 rings (SSSR count). The molecule has 1 saturated carbocycles. The first-order valence-electron chi connectivity index (χ1n) is 10.8. The fraction of sp³-hybridized carbons (Fsp3) is 0.400. The Bertz CT molecular complexity index is 1030. The summed E-state index contributed by atoms with van der Waals surface area (Å²) in [7, 11) is 1.57. The summed E-state index contributed by atoms with van der Waals surface area (Å²) >= 11 is 0. The molecule has 1 aliphatic heterocycles. The lowest BCUT2D eigenvalue weighted by Gasteiger charge is -2.22. The molecule has 1 heterocycles. The molecule has 6 heteroatoms. The number of nitrogens with zero attached hydrogens (tertiary/aromatic N) is 1. The number of fused-ring (bicyclic) bond motifs is 2. The van der Waals surface area contributed by atoms with E-state index in [-0.39, 0.29) is 30.6 Å². The minimum atomic E-state index is -0.541. The van der Waals surface area contributed by atoms with E-state index in [1.807, 2.05) is 0 Å². The Morgan fingerprint density at radius 1 is 1.19 bits per heavy atom. The van der Waals surface area contributed by atoms with E-state index in [0.29, 0.717) is 28.7 Å². The van der Waals surface area contributed by atoms with E-state index in [1.165, 1.54) is 6.07 Å². The molecule has 4 atom stereocenters. The molecule has 160 valence electrons. The van der Waals surface area contributed by atoms with Crippen LogP contribution in [0.5, 0.6) is 0 Å². The van der Waals surface area contributed by atoms with Crippen molar-refractivity contribution in [2.75, 3.05) is 7.05 Å². The SMILES string of the molecule is CNC(=O)c1ccc(-c2ccc(C[C@@H](C#N)CC(=O)[C@H]3N[C@@H]4CC[C@H]3C4)c(F)c2)cc1. The van der Waals surface area contributed by atoms with Crippen LogP contribution in [0.15, 0.2) is 42.5 Å². The van der Waals surface area contributed by atoms with Gasteiger partial charge >= 0.3 is 0 Å². The van der Waals surface area contributed by atoms with Gasteiger partial charge in [0.25, 0.3) is 5.91 Å². The van der Waals surface area contributed by atoms with Crippen LogP contribution in [0.4, 0.5) is 4.39 Å². The molecule has 5 nitrogen and oxygen atoms in total. The second kappa shape index (κ2) is 8.99. The monoisotopic (exact) mass is 419 g/mol. The number of carbonyl (C=O) groups excluding carboxylic acids is 2. The summed E-state index contributed by atoms with van der Waals surface area (Å²) < 4.78 is 14.8. The number of nitrogens with one attached hydrogen (secondary N) is 2. The minimum absolute atomic E-state index is 0.0759. The molecule has 2 aromatic rings. The van der Waals surface area contributed by atoms with Crippen molar-refractivity contribution < 1.29 is 14.0 Å². The average molecular weight is 420 g/mol. The van der Waals surface area contributed by atoms with Crippen LogP contribution in [0.3, 0.4) is 0 Å². The third-order valence-electron chi connectivity index (χ3n) is 6.56. The fourth-order valence-corrected chi connectivity index (χ4v) is 4.87. The number of carbonyl (C=O) groups is 2. The van der Waals surface area contributed by atoms with E-state index in [9.17, 15) is 19.2 Å².